The topological polar surface area (TPSA) is 87.5 Å². The maximum Gasteiger partial charge on any atom is 0.501 e. The number of sulfone groups is 1. The van der Waals surface area contributed by atoms with Gasteiger partial charge in [0.1, 0.15) is 24.1 Å². The molecular formula is C17H19F4NO4S. The third kappa shape index (κ3) is 3.12. The van der Waals surface area contributed by atoms with Crippen LogP contribution in [0.15, 0.2) is 17.0 Å². The van der Waals surface area contributed by atoms with E-state index in [1.807, 2.05) is 6.92 Å². The number of alkyl halides is 4. The van der Waals surface area contributed by atoms with Crippen molar-refractivity contribution in [3.05, 3.63) is 23.3 Å². The summed E-state index contributed by atoms with van der Waals surface area (Å²) in [6.07, 6.45) is -3.60. The third-order valence-electron chi connectivity index (χ3n) is 5.46. The van der Waals surface area contributed by atoms with Gasteiger partial charge >= 0.3 is 5.51 Å². The van der Waals surface area contributed by atoms with Crippen LogP contribution < -0.4 is 4.74 Å². The molecule has 0 saturated heterocycles. The van der Waals surface area contributed by atoms with E-state index in [1.54, 1.807) is 6.92 Å². The van der Waals surface area contributed by atoms with Crippen molar-refractivity contribution in [3.8, 4) is 5.75 Å². The maximum atomic E-state index is 14.0. The van der Waals surface area contributed by atoms with Crippen LogP contribution in [0, 0.1) is 10.8 Å². The molecule has 0 unspecified atom stereocenters. The first kappa shape index (κ1) is 20.1. The van der Waals surface area contributed by atoms with Gasteiger partial charge in [0, 0.05) is 28.7 Å². The molecule has 5 nitrogen and oxygen atoms in total. The smallest absolute Gasteiger partial charge is 0.490 e. The zero-order chi connectivity index (χ0) is 20.4. The second-order valence-electron chi connectivity index (χ2n) is 7.40. The lowest BCUT2D eigenvalue weighted by atomic mass is 9.65. The Kier molecular flexibility index (Phi) is 4.58. The highest BCUT2D eigenvalue weighted by Crippen LogP contribution is 2.48. The highest BCUT2D eigenvalue weighted by atomic mass is 32.2. The number of ether oxygens (including phenoxy) is 1. The number of benzene rings is 1. The molecule has 0 bridgehead atoms. The van der Waals surface area contributed by atoms with Crippen molar-refractivity contribution in [3.63, 3.8) is 0 Å². The number of halogens is 4. The highest BCUT2D eigenvalue weighted by Gasteiger charge is 2.51. The fourth-order valence-corrected chi connectivity index (χ4v) is 4.66. The second-order valence-corrected chi connectivity index (χ2v) is 9.31. The maximum absolute atomic E-state index is 14.0. The Balaban J connectivity index is 1.97. The van der Waals surface area contributed by atoms with Crippen molar-refractivity contribution in [1.82, 2.24) is 0 Å². The SMILES string of the molecule is CC(=N)[C@]1(C)C[C@H](Oc2ccc(S(=O)(=O)C(F)(F)F)c3c2C[C@@H](F)[C@H]3O)C1. The average molecular weight is 409 g/mol. The Bertz CT molecular complexity index is 891. The number of hydrogen-bond acceptors (Lipinski definition) is 5. The molecule has 0 aliphatic heterocycles. The van der Waals surface area contributed by atoms with Gasteiger partial charge in [-0.2, -0.15) is 13.2 Å². The summed E-state index contributed by atoms with van der Waals surface area (Å²) < 4.78 is 82.2. The second kappa shape index (κ2) is 6.16. The molecule has 0 heterocycles. The minimum Gasteiger partial charge on any atom is -0.490 e. The van der Waals surface area contributed by atoms with Crippen molar-refractivity contribution in [2.75, 3.05) is 0 Å². The molecule has 10 heteroatoms. The van der Waals surface area contributed by atoms with E-state index in [0.29, 0.717) is 24.6 Å². The monoisotopic (exact) mass is 409 g/mol. The van der Waals surface area contributed by atoms with Crippen LogP contribution >= 0.6 is 0 Å². The largest absolute Gasteiger partial charge is 0.501 e. The number of nitrogens with one attached hydrogen (secondary N) is 1. The molecule has 0 spiro atoms. The number of aliphatic hydroxyl groups is 1. The van der Waals surface area contributed by atoms with Crippen LogP contribution in [-0.4, -0.2) is 37.0 Å². The fourth-order valence-electron chi connectivity index (χ4n) is 3.63. The summed E-state index contributed by atoms with van der Waals surface area (Å²) in [7, 11) is -5.74. The lowest BCUT2D eigenvalue weighted by Gasteiger charge is -2.44. The fraction of sp³-hybridized carbons (Fsp3) is 0.588. The molecule has 2 aliphatic carbocycles. The van der Waals surface area contributed by atoms with Gasteiger partial charge in [-0.1, -0.05) is 6.92 Å². The lowest BCUT2D eigenvalue weighted by molar-refractivity contribution is -0.0437. The van der Waals surface area contributed by atoms with Crippen molar-refractivity contribution >= 4 is 15.5 Å². The Labute approximate surface area is 153 Å². The summed E-state index contributed by atoms with van der Waals surface area (Å²) in [6, 6.07) is 1.78. The van der Waals surface area contributed by atoms with Crippen molar-refractivity contribution in [1.29, 1.82) is 5.41 Å². The Morgan fingerprint density at radius 1 is 1.33 bits per heavy atom. The molecule has 27 heavy (non-hydrogen) atoms. The number of rotatable bonds is 4. The van der Waals surface area contributed by atoms with E-state index in [0.717, 1.165) is 6.07 Å². The Morgan fingerprint density at radius 3 is 2.44 bits per heavy atom. The van der Waals surface area contributed by atoms with E-state index in [9.17, 15) is 31.1 Å². The molecule has 1 aromatic carbocycles. The van der Waals surface area contributed by atoms with Gasteiger partial charge < -0.3 is 15.3 Å². The number of fused-ring (bicyclic) bond motifs is 1. The lowest BCUT2D eigenvalue weighted by Crippen LogP contribution is -2.46. The molecular weight excluding hydrogens is 390 g/mol. The van der Waals surface area contributed by atoms with Crippen LogP contribution in [0.1, 0.15) is 43.9 Å². The van der Waals surface area contributed by atoms with Crippen molar-refractivity contribution in [2.24, 2.45) is 5.41 Å². The van der Waals surface area contributed by atoms with Gasteiger partial charge in [-0.3, -0.25) is 0 Å². The van der Waals surface area contributed by atoms with E-state index in [4.69, 9.17) is 10.1 Å². The summed E-state index contributed by atoms with van der Waals surface area (Å²) in [5.41, 5.74) is -6.04. The number of aliphatic hydroxyl groups excluding tert-OH is 1. The molecule has 1 saturated carbocycles. The third-order valence-corrected chi connectivity index (χ3v) is 7.01. The van der Waals surface area contributed by atoms with E-state index >= 15 is 0 Å². The average Bonchev–Trinajstić information content (AvgIpc) is 2.80. The zero-order valence-electron chi connectivity index (χ0n) is 14.6. The van der Waals surface area contributed by atoms with E-state index < -0.39 is 44.5 Å². The molecule has 0 amide bonds. The normalized spacial score (nSPS) is 30.6. The molecule has 2 N–H and O–H groups in total. The van der Waals surface area contributed by atoms with Crippen molar-refractivity contribution in [2.45, 2.75) is 61.9 Å². The van der Waals surface area contributed by atoms with Crippen LogP contribution in [0.2, 0.25) is 0 Å². The minimum atomic E-state index is -5.74. The van der Waals surface area contributed by atoms with E-state index in [2.05, 4.69) is 0 Å². The van der Waals surface area contributed by atoms with Crippen molar-refractivity contribution < 1.29 is 35.8 Å². The summed E-state index contributed by atoms with van der Waals surface area (Å²) in [5.74, 6) is 0.0695. The first-order valence-electron chi connectivity index (χ1n) is 8.29. The van der Waals surface area contributed by atoms with Crippen LogP contribution in [-0.2, 0) is 16.3 Å². The molecule has 2 atom stereocenters. The molecule has 150 valence electrons. The molecule has 0 radical (unpaired) electrons. The van der Waals surface area contributed by atoms with E-state index in [1.165, 1.54) is 0 Å². The van der Waals surface area contributed by atoms with Gasteiger partial charge in [-0.15, -0.1) is 0 Å². The summed E-state index contributed by atoms with van der Waals surface area (Å²) in [5, 5.41) is 17.7. The van der Waals surface area contributed by atoms with Gasteiger partial charge in [0.15, 0.2) is 0 Å². The van der Waals surface area contributed by atoms with Crippen LogP contribution in [0.3, 0.4) is 0 Å². The summed E-state index contributed by atoms with van der Waals surface area (Å²) in [6.45, 7) is 3.56. The van der Waals surface area contributed by atoms with Gasteiger partial charge in [-0.05, 0) is 31.9 Å². The molecule has 3 rings (SSSR count). The first-order valence-corrected chi connectivity index (χ1v) is 9.78. The Hall–Kier alpha value is -1.68. The quantitative estimate of drug-likeness (QED) is 0.589. The number of hydrogen-bond donors (Lipinski definition) is 2. The summed E-state index contributed by atoms with van der Waals surface area (Å²) >= 11 is 0. The predicted octanol–water partition coefficient (Wildman–Crippen LogP) is 3.49. The predicted molar refractivity (Wildman–Crippen MR) is 88.4 cm³/mol. The van der Waals surface area contributed by atoms with Crippen LogP contribution in [0.25, 0.3) is 0 Å². The summed E-state index contributed by atoms with van der Waals surface area (Å²) in [4.78, 5) is -1.14. The zero-order valence-corrected chi connectivity index (χ0v) is 15.4. The molecule has 1 fully saturated rings. The Morgan fingerprint density at radius 2 is 1.93 bits per heavy atom. The molecule has 0 aromatic heterocycles. The van der Waals surface area contributed by atoms with Gasteiger partial charge in [0.25, 0.3) is 9.84 Å². The van der Waals surface area contributed by atoms with Crippen LogP contribution in [0.4, 0.5) is 17.6 Å². The molecule has 1 aromatic rings. The van der Waals surface area contributed by atoms with E-state index in [-0.39, 0.29) is 22.8 Å². The molecule has 2 aliphatic rings. The van der Waals surface area contributed by atoms with Gasteiger partial charge in [-0.25, -0.2) is 12.8 Å². The minimum absolute atomic E-state index is 0.0551. The standard InChI is InChI=1S/C17H19F4NO4S/c1-8(22)16(2)6-9(7-16)26-12-3-4-13(27(24,25)17(19,20)21)14-10(12)5-11(18)15(14)23/h3-4,9,11,15,22-23H,5-7H2,1-2H3/t9-,11-,15-,16+/m1/s1. The first-order chi connectivity index (χ1) is 12.3. The van der Waals surface area contributed by atoms with Gasteiger partial charge in [0.05, 0.1) is 4.90 Å². The van der Waals surface area contributed by atoms with Gasteiger partial charge in [0.2, 0.25) is 0 Å². The van der Waals surface area contributed by atoms with Crippen LogP contribution in [0.5, 0.6) is 5.75 Å². The highest BCUT2D eigenvalue weighted by molar-refractivity contribution is 7.92.